The molecule has 2 aromatic rings. The van der Waals surface area contributed by atoms with Gasteiger partial charge in [-0.3, -0.25) is 4.98 Å². The van der Waals surface area contributed by atoms with Crippen LogP contribution in [0.25, 0.3) is 12.2 Å². The van der Waals surface area contributed by atoms with Crippen LogP contribution in [0.15, 0.2) is 30.5 Å². The van der Waals surface area contributed by atoms with Crippen LogP contribution in [0, 0.1) is 6.92 Å². The number of benzene rings is 1. The number of nitrogens with zero attached hydrogens (tertiary/aromatic N) is 1. The smallest absolute Gasteiger partial charge is 0.200 e. The molecular formula is C16H18INO3. The average Bonchev–Trinajstić information content (AvgIpc) is 2.46. The molecule has 0 saturated carbocycles. The lowest BCUT2D eigenvalue weighted by atomic mass is 10.1. The van der Waals surface area contributed by atoms with E-state index in [-0.39, 0.29) is 29.7 Å². The molecule has 2 rings (SSSR count). The first-order valence-electron chi connectivity index (χ1n) is 6.19. The molecular weight excluding hydrogens is 381 g/mol. The van der Waals surface area contributed by atoms with Crippen molar-refractivity contribution in [1.29, 1.82) is 0 Å². The van der Waals surface area contributed by atoms with Crippen molar-refractivity contribution in [3.05, 3.63) is 47.3 Å². The highest BCUT2D eigenvalue weighted by Gasteiger charge is 2.09. The third kappa shape index (κ3) is 4.35. The van der Waals surface area contributed by atoms with Gasteiger partial charge >= 0.3 is 0 Å². The maximum atomic E-state index is 9.85. The Kier molecular flexibility index (Phi) is 6.48. The van der Waals surface area contributed by atoms with Crippen LogP contribution < -0.4 is 9.47 Å². The molecule has 1 N–H and O–H groups in total. The maximum absolute atomic E-state index is 9.85. The normalized spacial score (nSPS) is 10.2. The van der Waals surface area contributed by atoms with Crippen molar-refractivity contribution in [2.75, 3.05) is 14.2 Å². The minimum Gasteiger partial charge on any atom is -0.502 e. The number of hydrogen-bond acceptors (Lipinski definition) is 4. The van der Waals surface area contributed by atoms with E-state index in [0.29, 0.717) is 11.5 Å². The van der Waals surface area contributed by atoms with Gasteiger partial charge in [0.15, 0.2) is 11.5 Å². The van der Waals surface area contributed by atoms with Gasteiger partial charge in [0.05, 0.1) is 14.2 Å². The fraction of sp³-hybridized carbons (Fsp3) is 0.188. The van der Waals surface area contributed by atoms with Gasteiger partial charge in [0.1, 0.15) is 0 Å². The lowest BCUT2D eigenvalue weighted by Gasteiger charge is -2.09. The molecule has 0 aliphatic heterocycles. The summed E-state index contributed by atoms with van der Waals surface area (Å²) in [4.78, 5) is 4.15. The molecule has 0 saturated heterocycles. The SMILES string of the molecule is COc1cc(C=Cc2ccnc(C)c2)cc(OC)c1O.I. The lowest BCUT2D eigenvalue weighted by Crippen LogP contribution is -1.90. The number of halogens is 1. The summed E-state index contributed by atoms with van der Waals surface area (Å²) in [5.41, 5.74) is 2.91. The first-order valence-corrected chi connectivity index (χ1v) is 6.19. The highest BCUT2D eigenvalue weighted by atomic mass is 127. The fourth-order valence-electron chi connectivity index (χ4n) is 1.87. The molecule has 112 valence electrons. The van der Waals surface area contributed by atoms with Crippen LogP contribution in [-0.2, 0) is 0 Å². The van der Waals surface area contributed by atoms with Crippen LogP contribution in [0.2, 0.25) is 0 Å². The topological polar surface area (TPSA) is 51.6 Å². The minimum absolute atomic E-state index is 0. The molecule has 21 heavy (non-hydrogen) atoms. The predicted molar refractivity (Wildman–Crippen MR) is 94.5 cm³/mol. The van der Waals surface area contributed by atoms with Gasteiger partial charge in [0.25, 0.3) is 0 Å². The molecule has 0 aliphatic rings. The summed E-state index contributed by atoms with van der Waals surface area (Å²) >= 11 is 0. The van der Waals surface area contributed by atoms with Gasteiger partial charge in [0, 0.05) is 11.9 Å². The molecule has 4 nitrogen and oxygen atoms in total. The standard InChI is InChI=1S/C16H17NO3.HI/c1-11-8-12(6-7-17-11)4-5-13-9-14(19-2)16(18)15(10-13)20-3;/h4-10,18H,1-3H3;1H. The molecule has 0 atom stereocenters. The molecule has 0 radical (unpaired) electrons. The third-order valence-electron chi connectivity index (χ3n) is 2.89. The number of rotatable bonds is 4. The Morgan fingerprint density at radius 2 is 1.57 bits per heavy atom. The minimum atomic E-state index is 0. The maximum Gasteiger partial charge on any atom is 0.200 e. The molecule has 0 spiro atoms. The summed E-state index contributed by atoms with van der Waals surface area (Å²) in [6.07, 6.45) is 5.67. The number of aromatic nitrogens is 1. The van der Waals surface area contributed by atoms with Crippen LogP contribution in [0.1, 0.15) is 16.8 Å². The zero-order chi connectivity index (χ0) is 14.5. The Labute approximate surface area is 141 Å². The number of aryl methyl sites for hydroxylation is 1. The number of ether oxygens (including phenoxy) is 2. The Morgan fingerprint density at radius 3 is 2.10 bits per heavy atom. The molecule has 0 bridgehead atoms. The van der Waals surface area contributed by atoms with Crippen molar-refractivity contribution >= 4 is 36.1 Å². The molecule has 0 aliphatic carbocycles. The van der Waals surface area contributed by atoms with Crippen LogP contribution in [0.5, 0.6) is 17.2 Å². The van der Waals surface area contributed by atoms with Crippen LogP contribution in [-0.4, -0.2) is 24.3 Å². The average molecular weight is 399 g/mol. The number of aromatic hydroxyl groups is 1. The van der Waals surface area contributed by atoms with Gasteiger partial charge < -0.3 is 14.6 Å². The van der Waals surface area contributed by atoms with E-state index in [2.05, 4.69) is 4.98 Å². The van der Waals surface area contributed by atoms with E-state index in [1.54, 1.807) is 18.3 Å². The zero-order valence-electron chi connectivity index (χ0n) is 12.2. The summed E-state index contributed by atoms with van der Waals surface area (Å²) in [7, 11) is 3.02. The van der Waals surface area contributed by atoms with Gasteiger partial charge in [-0.2, -0.15) is 0 Å². The summed E-state index contributed by atoms with van der Waals surface area (Å²) in [5.74, 6) is 0.775. The number of methoxy groups -OCH3 is 2. The summed E-state index contributed by atoms with van der Waals surface area (Å²) in [6.45, 7) is 1.95. The van der Waals surface area contributed by atoms with Crippen molar-refractivity contribution in [3.8, 4) is 17.2 Å². The van der Waals surface area contributed by atoms with Crippen molar-refractivity contribution in [1.82, 2.24) is 4.98 Å². The Bertz CT molecular complexity index is 616. The number of pyridine rings is 1. The first-order chi connectivity index (χ1) is 9.63. The molecule has 0 fully saturated rings. The van der Waals surface area contributed by atoms with Crippen LogP contribution in [0.4, 0.5) is 0 Å². The molecule has 1 heterocycles. The summed E-state index contributed by atoms with van der Waals surface area (Å²) < 4.78 is 10.3. The van der Waals surface area contributed by atoms with Gasteiger partial charge in [-0.25, -0.2) is 0 Å². The second kappa shape index (κ2) is 7.87. The predicted octanol–water partition coefficient (Wildman–Crippen LogP) is 3.90. The highest BCUT2D eigenvalue weighted by Crippen LogP contribution is 2.37. The van der Waals surface area contributed by atoms with E-state index in [1.807, 2.05) is 31.2 Å². The van der Waals surface area contributed by atoms with E-state index < -0.39 is 0 Å². The molecule has 0 amide bonds. The van der Waals surface area contributed by atoms with Gasteiger partial charge in [0.2, 0.25) is 5.75 Å². The summed E-state index contributed by atoms with van der Waals surface area (Å²) in [5, 5.41) is 9.85. The Balaban J connectivity index is 0.00000220. The summed E-state index contributed by atoms with van der Waals surface area (Å²) in [6, 6.07) is 7.43. The second-order valence-corrected chi connectivity index (χ2v) is 4.34. The quantitative estimate of drug-likeness (QED) is 0.793. The van der Waals surface area contributed by atoms with Crippen molar-refractivity contribution < 1.29 is 14.6 Å². The number of phenols is 1. The van der Waals surface area contributed by atoms with Crippen molar-refractivity contribution in [2.45, 2.75) is 6.92 Å². The third-order valence-corrected chi connectivity index (χ3v) is 2.89. The number of hydrogen-bond donors (Lipinski definition) is 1. The lowest BCUT2D eigenvalue weighted by molar-refractivity contribution is 0.340. The monoisotopic (exact) mass is 399 g/mol. The van der Waals surface area contributed by atoms with E-state index in [4.69, 9.17) is 9.47 Å². The van der Waals surface area contributed by atoms with Gasteiger partial charge in [-0.15, -0.1) is 24.0 Å². The van der Waals surface area contributed by atoms with E-state index in [9.17, 15) is 5.11 Å². The van der Waals surface area contributed by atoms with Crippen molar-refractivity contribution in [3.63, 3.8) is 0 Å². The van der Waals surface area contributed by atoms with Gasteiger partial charge in [-0.1, -0.05) is 12.2 Å². The first kappa shape index (κ1) is 17.3. The van der Waals surface area contributed by atoms with Crippen molar-refractivity contribution in [2.24, 2.45) is 0 Å². The number of phenolic OH excluding ortho intramolecular Hbond substituents is 1. The van der Waals surface area contributed by atoms with Crippen LogP contribution in [0.3, 0.4) is 0 Å². The largest absolute Gasteiger partial charge is 0.502 e. The Morgan fingerprint density at radius 1 is 1.00 bits per heavy atom. The second-order valence-electron chi connectivity index (χ2n) is 4.34. The molecule has 5 heteroatoms. The molecule has 0 unspecified atom stereocenters. The van der Waals surface area contributed by atoms with Gasteiger partial charge in [-0.05, 0) is 42.3 Å². The highest BCUT2D eigenvalue weighted by molar-refractivity contribution is 14.0. The molecule has 1 aromatic heterocycles. The Hall–Kier alpha value is -1.76. The fourth-order valence-corrected chi connectivity index (χ4v) is 1.87. The van der Waals surface area contributed by atoms with E-state index >= 15 is 0 Å². The van der Waals surface area contributed by atoms with E-state index in [0.717, 1.165) is 16.8 Å². The zero-order valence-corrected chi connectivity index (χ0v) is 14.5. The molecule has 1 aromatic carbocycles. The van der Waals surface area contributed by atoms with Crippen LogP contribution >= 0.6 is 24.0 Å². The van der Waals surface area contributed by atoms with E-state index in [1.165, 1.54) is 14.2 Å².